The summed E-state index contributed by atoms with van der Waals surface area (Å²) in [6.45, 7) is 1.40. The van der Waals surface area contributed by atoms with Crippen LogP contribution in [0.2, 0.25) is 10.0 Å². The number of aromatic nitrogens is 4. The van der Waals surface area contributed by atoms with E-state index in [1.807, 2.05) is 4.57 Å². The summed E-state index contributed by atoms with van der Waals surface area (Å²) in [6, 6.07) is 2.83. The number of halogens is 3. The van der Waals surface area contributed by atoms with Gasteiger partial charge in [-0.3, -0.25) is 9.36 Å². The van der Waals surface area contributed by atoms with E-state index in [9.17, 15) is 9.18 Å². The molecule has 4 N–H and O–H groups in total. The van der Waals surface area contributed by atoms with Crippen LogP contribution in [0.3, 0.4) is 0 Å². The van der Waals surface area contributed by atoms with Gasteiger partial charge in [0.05, 0.1) is 21.9 Å². The number of amides is 1. The number of fused-ring (bicyclic) bond motifs is 1. The Morgan fingerprint density at radius 1 is 1.09 bits per heavy atom. The van der Waals surface area contributed by atoms with Crippen molar-refractivity contribution in [1.29, 1.82) is 0 Å². The van der Waals surface area contributed by atoms with Crippen LogP contribution in [-0.2, 0) is 9.53 Å². The number of nitrogens with zero attached hydrogens (tertiary/aromatic N) is 4. The second-order valence-electron chi connectivity index (χ2n) is 9.02. The Balaban J connectivity index is 1.51. The monoisotopic (exact) mass is 521 g/mol. The molecule has 1 saturated heterocycles. The minimum Gasteiger partial charge on any atom is -0.381 e. The lowest BCUT2D eigenvalue weighted by Crippen LogP contribution is -2.29. The number of imidazole rings is 1. The van der Waals surface area contributed by atoms with Crippen molar-refractivity contribution in [3.05, 3.63) is 34.2 Å². The molecule has 12 heteroatoms. The number of anilines is 3. The summed E-state index contributed by atoms with van der Waals surface area (Å²) in [5.41, 5.74) is 7.11. The summed E-state index contributed by atoms with van der Waals surface area (Å²) in [5, 5.41) is 6.75. The molecule has 0 radical (unpaired) electrons. The molecule has 3 aromatic rings. The first kappa shape index (κ1) is 24.0. The summed E-state index contributed by atoms with van der Waals surface area (Å²) in [4.78, 5) is 25.6. The fraction of sp³-hybridized carbons (Fsp3) is 0.478. The number of nitrogens with one attached hydrogen (secondary N) is 2. The van der Waals surface area contributed by atoms with Crippen molar-refractivity contribution in [3.63, 3.8) is 0 Å². The Morgan fingerprint density at radius 3 is 2.54 bits per heavy atom. The van der Waals surface area contributed by atoms with Crippen molar-refractivity contribution < 1.29 is 13.9 Å². The zero-order valence-corrected chi connectivity index (χ0v) is 20.4. The third kappa shape index (κ3) is 5.14. The zero-order chi connectivity index (χ0) is 24.5. The van der Waals surface area contributed by atoms with Crippen molar-refractivity contribution in [2.75, 3.05) is 23.8 Å². The maximum absolute atomic E-state index is 14.2. The molecule has 0 unspecified atom stereocenters. The van der Waals surface area contributed by atoms with Gasteiger partial charge in [-0.2, -0.15) is 4.98 Å². The number of rotatable bonds is 6. The van der Waals surface area contributed by atoms with Crippen LogP contribution in [0.4, 0.5) is 22.0 Å². The highest BCUT2D eigenvalue weighted by Gasteiger charge is 2.29. The minimum absolute atomic E-state index is 0.0138. The van der Waals surface area contributed by atoms with E-state index in [1.54, 1.807) is 6.20 Å². The van der Waals surface area contributed by atoms with Gasteiger partial charge in [-0.15, -0.1) is 0 Å². The van der Waals surface area contributed by atoms with Crippen molar-refractivity contribution in [3.8, 4) is 0 Å². The third-order valence-corrected chi connectivity index (χ3v) is 7.31. The molecular weight excluding hydrogens is 496 g/mol. The summed E-state index contributed by atoms with van der Waals surface area (Å²) in [5.74, 6) is -0.0308. The predicted molar refractivity (Wildman–Crippen MR) is 133 cm³/mol. The summed E-state index contributed by atoms with van der Waals surface area (Å²) in [6.07, 6.45) is 6.23. The maximum atomic E-state index is 14.2. The highest BCUT2D eigenvalue weighted by Crippen LogP contribution is 2.38. The number of hydrogen-bond donors (Lipinski definition) is 3. The van der Waals surface area contributed by atoms with Crippen LogP contribution >= 0.6 is 23.2 Å². The summed E-state index contributed by atoms with van der Waals surface area (Å²) in [7, 11) is 0. The summed E-state index contributed by atoms with van der Waals surface area (Å²) >= 11 is 12.2. The number of ether oxygens (including phenoxy) is 1. The molecule has 1 aliphatic heterocycles. The van der Waals surface area contributed by atoms with Gasteiger partial charge in [0, 0.05) is 37.3 Å². The average Bonchev–Trinajstić information content (AvgIpc) is 3.20. The van der Waals surface area contributed by atoms with Crippen molar-refractivity contribution in [2.24, 2.45) is 11.7 Å². The highest BCUT2D eigenvalue weighted by molar-refractivity contribution is 6.36. The molecule has 0 atom stereocenters. The van der Waals surface area contributed by atoms with Gasteiger partial charge in [-0.1, -0.05) is 23.2 Å². The van der Waals surface area contributed by atoms with Gasteiger partial charge in [0.15, 0.2) is 5.65 Å². The molecule has 1 amide bonds. The van der Waals surface area contributed by atoms with Crippen LogP contribution in [0, 0.1) is 11.7 Å². The first-order chi connectivity index (χ1) is 16.9. The van der Waals surface area contributed by atoms with E-state index in [0.29, 0.717) is 54.8 Å². The SMILES string of the molecule is NC(=O)[C@H]1CC[C@H](n2c(Nc3cc(F)c(Cl)cc3Cl)nc3cnc(NC4CCOCC4)nc32)CC1. The fourth-order valence-electron chi connectivity index (χ4n) is 4.78. The second-order valence-corrected chi connectivity index (χ2v) is 9.83. The minimum atomic E-state index is -0.592. The standard InChI is InChI=1S/C23H26Cl2FN7O2/c24-15-9-16(25)18(10-17(15)26)30-23-31-19-11-28-22(29-13-5-7-35-8-6-13)32-21(19)33(23)14-3-1-12(2-4-14)20(27)34/h9-14H,1-8H2,(H2,27,34)(H,30,31)(H,28,29,32)/t12-,14-. The van der Waals surface area contributed by atoms with Crippen molar-refractivity contribution in [1.82, 2.24) is 19.5 Å². The van der Waals surface area contributed by atoms with E-state index >= 15 is 0 Å². The zero-order valence-electron chi connectivity index (χ0n) is 18.9. The van der Waals surface area contributed by atoms with Gasteiger partial charge in [0.1, 0.15) is 11.3 Å². The number of nitrogens with two attached hydrogens (primary N) is 1. The van der Waals surface area contributed by atoms with E-state index in [-0.39, 0.29) is 34.0 Å². The summed E-state index contributed by atoms with van der Waals surface area (Å²) < 4.78 is 21.6. The topological polar surface area (TPSA) is 120 Å². The maximum Gasteiger partial charge on any atom is 0.224 e. The molecule has 5 rings (SSSR count). The number of carbonyl (C=O) groups excluding carboxylic acids is 1. The van der Waals surface area contributed by atoms with Gasteiger partial charge < -0.3 is 21.1 Å². The lowest BCUT2D eigenvalue weighted by Gasteiger charge is -2.29. The molecule has 9 nitrogen and oxygen atoms in total. The average molecular weight is 522 g/mol. The highest BCUT2D eigenvalue weighted by atomic mass is 35.5. The quantitative estimate of drug-likeness (QED) is 0.397. The lowest BCUT2D eigenvalue weighted by molar-refractivity contribution is -0.122. The molecular formula is C23H26Cl2FN7O2. The molecule has 2 aliphatic rings. The number of primary amides is 1. The van der Waals surface area contributed by atoms with E-state index in [2.05, 4.69) is 15.6 Å². The van der Waals surface area contributed by atoms with Gasteiger partial charge in [0.25, 0.3) is 0 Å². The van der Waals surface area contributed by atoms with Crippen LogP contribution in [0.25, 0.3) is 11.2 Å². The molecule has 0 bridgehead atoms. The van der Waals surface area contributed by atoms with Crippen LogP contribution in [0.1, 0.15) is 44.6 Å². The Hall–Kier alpha value is -2.69. The lowest BCUT2D eigenvalue weighted by atomic mass is 9.85. The normalized spacial score (nSPS) is 21.2. The van der Waals surface area contributed by atoms with E-state index < -0.39 is 5.82 Å². The Kier molecular flexibility index (Phi) is 6.95. The fourth-order valence-corrected chi connectivity index (χ4v) is 5.21. The van der Waals surface area contributed by atoms with Gasteiger partial charge in [-0.05, 0) is 44.6 Å². The van der Waals surface area contributed by atoms with Crippen LogP contribution in [0.5, 0.6) is 0 Å². The first-order valence-electron chi connectivity index (χ1n) is 11.7. The Morgan fingerprint density at radius 2 is 1.83 bits per heavy atom. The van der Waals surface area contributed by atoms with E-state index in [1.165, 1.54) is 12.1 Å². The van der Waals surface area contributed by atoms with Crippen molar-refractivity contribution >= 4 is 57.9 Å². The van der Waals surface area contributed by atoms with Gasteiger partial charge in [0.2, 0.25) is 17.8 Å². The Labute approximate surface area is 211 Å². The van der Waals surface area contributed by atoms with Crippen LogP contribution < -0.4 is 16.4 Å². The molecule has 0 spiro atoms. The van der Waals surface area contributed by atoms with E-state index in [0.717, 1.165) is 25.7 Å². The van der Waals surface area contributed by atoms with Gasteiger partial charge in [-0.25, -0.2) is 14.4 Å². The van der Waals surface area contributed by atoms with Crippen LogP contribution in [0.15, 0.2) is 18.3 Å². The molecule has 3 heterocycles. The molecule has 1 saturated carbocycles. The third-order valence-electron chi connectivity index (χ3n) is 6.71. The number of hydrogen-bond acceptors (Lipinski definition) is 7. The molecule has 1 aromatic carbocycles. The molecule has 1 aliphatic carbocycles. The molecule has 186 valence electrons. The molecule has 35 heavy (non-hydrogen) atoms. The van der Waals surface area contributed by atoms with Crippen LogP contribution in [-0.4, -0.2) is 44.7 Å². The molecule has 2 fully saturated rings. The largest absolute Gasteiger partial charge is 0.381 e. The second kappa shape index (κ2) is 10.1. The van der Waals surface area contributed by atoms with E-state index in [4.69, 9.17) is 43.6 Å². The van der Waals surface area contributed by atoms with Gasteiger partial charge >= 0.3 is 0 Å². The smallest absolute Gasteiger partial charge is 0.224 e. The predicted octanol–water partition coefficient (Wildman–Crippen LogP) is 4.82. The van der Waals surface area contributed by atoms with Crippen molar-refractivity contribution in [2.45, 2.75) is 50.6 Å². The molecule has 2 aromatic heterocycles. The first-order valence-corrected chi connectivity index (χ1v) is 12.4. The number of benzene rings is 1. The number of carbonyl (C=O) groups is 1. The Bertz CT molecular complexity index is 1240.